The van der Waals surface area contributed by atoms with Gasteiger partial charge in [-0.2, -0.15) is 0 Å². The standard InChI is InChI=1S/C12H14ClNO2/c1-6-3-8-4-9(13)5-10(12(8)16-6)11(15)7(2)14/h4-7H,3,14H2,1-2H3. The molecule has 0 spiro atoms. The fourth-order valence-electron chi connectivity index (χ4n) is 1.92. The van der Waals surface area contributed by atoms with Crippen LogP contribution in [0.4, 0.5) is 0 Å². The van der Waals surface area contributed by atoms with E-state index in [-0.39, 0.29) is 11.9 Å². The van der Waals surface area contributed by atoms with Gasteiger partial charge in [0.2, 0.25) is 0 Å². The molecule has 0 aromatic heterocycles. The van der Waals surface area contributed by atoms with E-state index in [1.165, 1.54) is 0 Å². The summed E-state index contributed by atoms with van der Waals surface area (Å²) in [6.45, 7) is 3.63. The molecule has 4 heteroatoms. The molecule has 1 heterocycles. The number of benzene rings is 1. The van der Waals surface area contributed by atoms with Crippen LogP contribution in [0.2, 0.25) is 5.02 Å². The molecule has 2 N–H and O–H groups in total. The normalized spacial score (nSPS) is 20.1. The average molecular weight is 240 g/mol. The number of Topliss-reactive ketones (excluding diaryl/α,β-unsaturated/α-hetero) is 1. The van der Waals surface area contributed by atoms with Gasteiger partial charge in [0.05, 0.1) is 11.6 Å². The van der Waals surface area contributed by atoms with Crippen molar-refractivity contribution in [3.8, 4) is 5.75 Å². The molecule has 0 radical (unpaired) electrons. The lowest BCUT2D eigenvalue weighted by Crippen LogP contribution is -2.27. The van der Waals surface area contributed by atoms with E-state index < -0.39 is 6.04 Å². The van der Waals surface area contributed by atoms with Gasteiger partial charge < -0.3 is 10.5 Å². The zero-order valence-electron chi connectivity index (χ0n) is 9.29. The third kappa shape index (κ3) is 1.93. The number of hydrogen-bond acceptors (Lipinski definition) is 3. The van der Waals surface area contributed by atoms with Crippen LogP contribution in [0.15, 0.2) is 12.1 Å². The molecule has 16 heavy (non-hydrogen) atoms. The number of ether oxygens (including phenoxy) is 1. The Labute approximate surface area is 99.5 Å². The zero-order chi connectivity index (χ0) is 11.9. The largest absolute Gasteiger partial charge is 0.489 e. The summed E-state index contributed by atoms with van der Waals surface area (Å²) in [5.41, 5.74) is 7.09. The van der Waals surface area contributed by atoms with Gasteiger partial charge in [-0.3, -0.25) is 4.79 Å². The smallest absolute Gasteiger partial charge is 0.183 e. The Morgan fingerprint density at radius 1 is 1.62 bits per heavy atom. The Morgan fingerprint density at radius 2 is 2.31 bits per heavy atom. The van der Waals surface area contributed by atoms with Gasteiger partial charge in [0.15, 0.2) is 5.78 Å². The fourth-order valence-corrected chi connectivity index (χ4v) is 2.16. The first kappa shape index (κ1) is 11.4. The summed E-state index contributed by atoms with van der Waals surface area (Å²) < 4.78 is 5.63. The molecular formula is C12H14ClNO2. The molecule has 0 saturated carbocycles. The Hall–Kier alpha value is -1.06. The van der Waals surface area contributed by atoms with Gasteiger partial charge >= 0.3 is 0 Å². The molecule has 0 aliphatic carbocycles. The van der Waals surface area contributed by atoms with E-state index in [0.29, 0.717) is 16.3 Å². The van der Waals surface area contributed by atoms with E-state index in [2.05, 4.69) is 0 Å². The van der Waals surface area contributed by atoms with Crippen LogP contribution >= 0.6 is 11.6 Å². The van der Waals surface area contributed by atoms with E-state index in [0.717, 1.165) is 12.0 Å². The second-order valence-electron chi connectivity index (χ2n) is 4.23. The highest BCUT2D eigenvalue weighted by atomic mass is 35.5. The highest BCUT2D eigenvalue weighted by Crippen LogP contribution is 2.35. The lowest BCUT2D eigenvalue weighted by atomic mass is 10.0. The Kier molecular flexibility index (Phi) is 2.91. The molecule has 86 valence electrons. The van der Waals surface area contributed by atoms with Gasteiger partial charge in [-0.1, -0.05) is 11.6 Å². The van der Waals surface area contributed by atoms with E-state index in [1.54, 1.807) is 13.0 Å². The first-order valence-corrected chi connectivity index (χ1v) is 5.65. The van der Waals surface area contributed by atoms with Crippen LogP contribution in [-0.2, 0) is 6.42 Å². The van der Waals surface area contributed by atoms with E-state index >= 15 is 0 Å². The quantitative estimate of drug-likeness (QED) is 0.805. The van der Waals surface area contributed by atoms with Crippen molar-refractivity contribution in [3.05, 3.63) is 28.3 Å². The topological polar surface area (TPSA) is 52.3 Å². The minimum absolute atomic E-state index is 0.0908. The minimum atomic E-state index is -0.540. The van der Waals surface area contributed by atoms with Gasteiger partial charge in [-0.25, -0.2) is 0 Å². The average Bonchev–Trinajstić information content (AvgIpc) is 2.55. The number of ketones is 1. The summed E-state index contributed by atoms with van der Waals surface area (Å²) in [7, 11) is 0. The number of halogens is 1. The Balaban J connectivity index is 2.51. The van der Waals surface area contributed by atoms with Crippen LogP contribution in [0, 0.1) is 0 Å². The molecule has 1 aromatic rings. The Bertz CT molecular complexity index is 443. The predicted octanol–water partition coefficient (Wildman–Crippen LogP) is 2.19. The van der Waals surface area contributed by atoms with Gasteiger partial charge in [0, 0.05) is 17.0 Å². The fraction of sp³-hybridized carbons (Fsp3) is 0.417. The predicted molar refractivity (Wildman–Crippen MR) is 63.2 cm³/mol. The SMILES string of the molecule is CC1Cc2cc(Cl)cc(C(=O)C(C)N)c2O1. The van der Waals surface area contributed by atoms with Crippen LogP contribution in [-0.4, -0.2) is 17.9 Å². The second-order valence-corrected chi connectivity index (χ2v) is 4.66. The molecule has 0 amide bonds. The zero-order valence-corrected chi connectivity index (χ0v) is 10.0. The highest BCUT2D eigenvalue weighted by Gasteiger charge is 2.26. The lowest BCUT2D eigenvalue weighted by molar-refractivity contribution is 0.0963. The maximum absolute atomic E-state index is 11.9. The van der Waals surface area contributed by atoms with Crippen LogP contribution < -0.4 is 10.5 Å². The maximum atomic E-state index is 11.9. The number of fused-ring (bicyclic) bond motifs is 1. The number of nitrogens with two attached hydrogens (primary N) is 1. The highest BCUT2D eigenvalue weighted by molar-refractivity contribution is 6.31. The molecule has 1 aliphatic heterocycles. The van der Waals surface area contributed by atoms with Crippen LogP contribution in [0.5, 0.6) is 5.75 Å². The van der Waals surface area contributed by atoms with Crippen molar-refractivity contribution in [1.29, 1.82) is 0 Å². The summed E-state index contributed by atoms with van der Waals surface area (Å²) in [6.07, 6.45) is 0.878. The molecule has 1 aliphatic rings. The van der Waals surface area contributed by atoms with Crippen LogP contribution in [0.25, 0.3) is 0 Å². The Morgan fingerprint density at radius 3 is 2.94 bits per heavy atom. The lowest BCUT2D eigenvalue weighted by Gasteiger charge is -2.11. The first-order valence-electron chi connectivity index (χ1n) is 5.28. The van der Waals surface area contributed by atoms with Crippen LogP contribution in [0.3, 0.4) is 0 Å². The molecule has 1 aromatic carbocycles. The molecular weight excluding hydrogens is 226 g/mol. The van der Waals surface area contributed by atoms with Gasteiger partial charge in [-0.05, 0) is 26.0 Å². The van der Waals surface area contributed by atoms with Gasteiger partial charge in [0.1, 0.15) is 11.9 Å². The summed E-state index contributed by atoms with van der Waals surface area (Å²) in [4.78, 5) is 11.9. The summed E-state index contributed by atoms with van der Waals surface area (Å²) >= 11 is 5.98. The third-order valence-corrected chi connectivity index (χ3v) is 2.85. The monoisotopic (exact) mass is 239 g/mol. The molecule has 0 fully saturated rings. The first-order chi connectivity index (χ1) is 7.49. The molecule has 2 unspecified atom stereocenters. The van der Waals surface area contributed by atoms with Crippen molar-refractivity contribution in [2.45, 2.75) is 32.4 Å². The van der Waals surface area contributed by atoms with E-state index in [9.17, 15) is 4.79 Å². The van der Waals surface area contributed by atoms with Crippen molar-refractivity contribution in [3.63, 3.8) is 0 Å². The third-order valence-electron chi connectivity index (χ3n) is 2.64. The summed E-state index contributed by atoms with van der Waals surface area (Å²) in [6, 6.07) is 2.93. The second kappa shape index (κ2) is 4.07. The van der Waals surface area contributed by atoms with Gasteiger partial charge in [-0.15, -0.1) is 0 Å². The van der Waals surface area contributed by atoms with Crippen molar-refractivity contribution in [1.82, 2.24) is 0 Å². The summed E-state index contributed by atoms with van der Waals surface area (Å²) in [5.74, 6) is 0.520. The van der Waals surface area contributed by atoms with E-state index in [4.69, 9.17) is 22.1 Å². The van der Waals surface area contributed by atoms with Crippen molar-refractivity contribution in [2.24, 2.45) is 5.73 Å². The number of carbonyl (C=O) groups is 1. The van der Waals surface area contributed by atoms with Gasteiger partial charge in [0.25, 0.3) is 0 Å². The van der Waals surface area contributed by atoms with E-state index in [1.807, 2.05) is 13.0 Å². The number of rotatable bonds is 2. The van der Waals surface area contributed by atoms with Crippen molar-refractivity contribution >= 4 is 17.4 Å². The number of hydrogen-bond donors (Lipinski definition) is 1. The molecule has 3 nitrogen and oxygen atoms in total. The molecule has 0 bridgehead atoms. The maximum Gasteiger partial charge on any atom is 0.183 e. The molecule has 0 saturated heterocycles. The van der Waals surface area contributed by atoms with Crippen LogP contribution in [0.1, 0.15) is 29.8 Å². The minimum Gasteiger partial charge on any atom is -0.489 e. The number of carbonyl (C=O) groups excluding carboxylic acids is 1. The van der Waals surface area contributed by atoms with Crippen molar-refractivity contribution in [2.75, 3.05) is 0 Å². The molecule has 2 rings (SSSR count). The van der Waals surface area contributed by atoms with Crippen molar-refractivity contribution < 1.29 is 9.53 Å². The summed E-state index contributed by atoms with van der Waals surface area (Å²) in [5, 5.41) is 0.556. The molecule has 2 atom stereocenters.